The Morgan fingerprint density at radius 1 is 1.29 bits per heavy atom. The van der Waals surface area contributed by atoms with Crippen LogP contribution in [0.1, 0.15) is 12.0 Å². The summed E-state index contributed by atoms with van der Waals surface area (Å²) >= 11 is 5.71. The molecule has 2 unspecified atom stereocenters. The van der Waals surface area contributed by atoms with Crippen LogP contribution in [0.15, 0.2) is 18.2 Å². The van der Waals surface area contributed by atoms with Gasteiger partial charge in [-0.05, 0) is 30.7 Å². The molecule has 1 heterocycles. The van der Waals surface area contributed by atoms with Crippen molar-refractivity contribution in [1.82, 2.24) is 4.90 Å². The number of carboxylic acids is 2. The quantitative estimate of drug-likeness (QED) is 0.889. The number of hydrogen-bond donors (Lipinski definition) is 2. The van der Waals surface area contributed by atoms with Crippen LogP contribution in [0.3, 0.4) is 0 Å². The number of piperidine rings is 1. The maximum atomic E-state index is 13.1. The lowest BCUT2D eigenvalue weighted by Gasteiger charge is -2.34. The summed E-state index contributed by atoms with van der Waals surface area (Å²) < 4.78 is 13.1. The van der Waals surface area contributed by atoms with Gasteiger partial charge in [-0.15, -0.1) is 0 Å². The third kappa shape index (κ3) is 3.71. The first kappa shape index (κ1) is 15.7. The summed E-state index contributed by atoms with van der Waals surface area (Å²) in [4.78, 5) is 24.1. The SMILES string of the molecule is O=C(O)C1CCN(Cc2ccc(F)c(Cl)c2)CC1C(=O)O. The highest BCUT2D eigenvalue weighted by Crippen LogP contribution is 2.26. The van der Waals surface area contributed by atoms with Gasteiger partial charge in [0.25, 0.3) is 0 Å². The summed E-state index contributed by atoms with van der Waals surface area (Å²) in [6.07, 6.45) is 0.279. The van der Waals surface area contributed by atoms with E-state index in [-0.39, 0.29) is 18.0 Å². The number of halogens is 2. The summed E-state index contributed by atoms with van der Waals surface area (Å²) in [6.45, 7) is 1.05. The lowest BCUT2D eigenvalue weighted by Crippen LogP contribution is -2.46. The smallest absolute Gasteiger partial charge is 0.308 e. The largest absolute Gasteiger partial charge is 0.481 e. The van der Waals surface area contributed by atoms with Crippen LogP contribution in [0.5, 0.6) is 0 Å². The molecule has 0 aliphatic carbocycles. The van der Waals surface area contributed by atoms with Gasteiger partial charge in [0.15, 0.2) is 0 Å². The zero-order valence-electron chi connectivity index (χ0n) is 11.1. The van der Waals surface area contributed by atoms with Gasteiger partial charge < -0.3 is 10.2 Å². The molecule has 114 valence electrons. The van der Waals surface area contributed by atoms with Crippen molar-refractivity contribution in [2.24, 2.45) is 11.8 Å². The van der Waals surface area contributed by atoms with Crippen molar-refractivity contribution in [2.75, 3.05) is 13.1 Å². The van der Waals surface area contributed by atoms with E-state index in [0.717, 1.165) is 5.56 Å². The Hall–Kier alpha value is -1.66. The highest BCUT2D eigenvalue weighted by molar-refractivity contribution is 6.30. The Bertz CT molecular complexity index is 566. The molecule has 2 atom stereocenters. The van der Waals surface area contributed by atoms with Crippen LogP contribution < -0.4 is 0 Å². The van der Waals surface area contributed by atoms with Gasteiger partial charge in [-0.2, -0.15) is 0 Å². The highest BCUT2D eigenvalue weighted by Gasteiger charge is 2.38. The fourth-order valence-corrected chi connectivity index (χ4v) is 2.81. The number of carboxylic acid groups (broad SMARTS) is 2. The van der Waals surface area contributed by atoms with Crippen LogP contribution >= 0.6 is 11.6 Å². The number of nitrogens with zero attached hydrogens (tertiary/aromatic N) is 1. The van der Waals surface area contributed by atoms with Gasteiger partial charge in [0.2, 0.25) is 0 Å². The molecule has 0 bridgehead atoms. The van der Waals surface area contributed by atoms with Crippen LogP contribution in [-0.2, 0) is 16.1 Å². The second-order valence-corrected chi connectivity index (χ2v) is 5.57. The van der Waals surface area contributed by atoms with Gasteiger partial charge in [0.1, 0.15) is 5.82 Å². The Balaban J connectivity index is 2.07. The number of likely N-dealkylation sites (tertiary alicyclic amines) is 1. The van der Waals surface area contributed by atoms with Gasteiger partial charge in [-0.25, -0.2) is 4.39 Å². The molecule has 1 fully saturated rings. The molecular formula is C14H15ClFNO4. The monoisotopic (exact) mass is 315 g/mol. The molecule has 0 aromatic heterocycles. The minimum absolute atomic E-state index is 0.0164. The summed E-state index contributed by atoms with van der Waals surface area (Å²) in [6, 6.07) is 4.34. The van der Waals surface area contributed by atoms with Crippen LogP contribution in [0, 0.1) is 17.7 Å². The third-order valence-electron chi connectivity index (χ3n) is 3.72. The second-order valence-electron chi connectivity index (χ2n) is 5.16. The fourth-order valence-electron chi connectivity index (χ4n) is 2.61. The van der Waals surface area contributed by atoms with E-state index in [9.17, 15) is 14.0 Å². The standard InChI is InChI=1S/C14H15ClFNO4/c15-11-5-8(1-2-12(11)16)6-17-4-3-9(13(18)19)10(7-17)14(20)21/h1-2,5,9-10H,3-4,6-7H2,(H,18,19)(H,20,21). The van der Waals surface area contributed by atoms with Gasteiger partial charge in [0, 0.05) is 13.1 Å². The van der Waals surface area contributed by atoms with Crippen molar-refractivity contribution in [2.45, 2.75) is 13.0 Å². The average Bonchev–Trinajstić information content (AvgIpc) is 2.42. The van der Waals surface area contributed by atoms with Gasteiger partial charge in [-0.3, -0.25) is 14.5 Å². The van der Waals surface area contributed by atoms with E-state index in [1.807, 2.05) is 4.90 Å². The maximum Gasteiger partial charge on any atom is 0.308 e. The summed E-state index contributed by atoms with van der Waals surface area (Å²) in [7, 11) is 0. The molecule has 1 aromatic carbocycles. The molecule has 5 nitrogen and oxygen atoms in total. The van der Waals surface area contributed by atoms with E-state index in [1.165, 1.54) is 12.1 Å². The normalized spacial score (nSPS) is 23.0. The Kier molecular flexibility index (Phi) is 4.80. The Morgan fingerprint density at radius 2 is 1.95 bits per heavy atom. The fraction of sp³-hybridized carbons (Fsp3) is 0.429. The first-order chi connectivity index (χ1) is 9.88. The highest BCUT2D eigenvalue weighted by atomic mass is 35.5. The molecule has 21 heavy (non-hydrogen) atoms. The lowest BCUT2D eigenvalue weighted by atomic mass is 9.85. The third-order valence-corrected chi connectivity index (χ3v) is 4.01. The van der Waals surface area contributed by atoms with Crippen LogP contribution in [0.4, 0.5) is 4.39 Å². The maximum absolute atomic E-state index is 13.1. The minimum Gasteiger partial charge on any atom is -0.481 e. The van der Waals surface area contributed by atoms with Gasteiger partial charge >= 0.3 is 11.9 Å². The predicted octanol–water partition coefficient (Wildman–Crippen LogP) is 2.09. The van der Waals surface area contributed by atoms with Gasteiger partial charge in [-0.1, -0.05) is 17.7 Å². The Morgan fingerprint density at radius 3 is 2.52 bits per heavy atom. The molecule has 0 saturated carbocycles. The van der Waals surface area contributed by atoms with Crippen LogP contribution in [0.2, 0.25) is 5.02 Å². The minimum atomic E-state index is -1.11. The number of hydrogen-bond acceptors (Lipinski definition) is 3. The summed E-state index contributed by atoms with van der Waals surface area (Å²) in [5.74, 6) is -4.49. The molecule has 0 spiro atoms. The number of rotatable bonds is 4. The Labute approximate surface area is 125 Å². The molecule has 1 saturated heterocycles. The van der Waals surface area contributed by atoms with E-state index in [0.29, 0.717) is 13.1 Å². The van der Waals surface area contributed by atoms with E-state index in [2.05, 4.69) is 0 Å². The van der Waals surface area contributed by atoms with E-state index in [1.54, 1.807) is 6.07 Å². The van der Waals surface area contributed by atoms with Crippen molar-refractivity contribution < 1.29 is 24.2 Å². The van der Waals surface area contributed by atoms with Crippen molar-refractivity contribution in [3.63, 3.8) is 0 Å². The van der Waals surface area contributed by atoms with E-state index >= 15 is 0 Å². The van der Waals surface area contributed by atoms with Crippen molar-refractivity contribution in [1.29, 1.82) is 0 Å². The molecule has 1 aliphatic heterocycles. The van der Waals surface area contributed by atoms with Crippen molar-refractivity contribution in [3.05, 3.63) is 34.6 Å². The topological polar surface area (TPSA) is 77.8 Å². The van der Waals surface area contributed by atoms with E-state index < -0.39 is 29.6 Å². The first-order valence-electron chi connectivity index (χ1n) is 6.50. The van der Waals surface area contributed by atoms with Crippen LogP contribution in [0.25, 0.3) is 0 Å². The van der Waals surface area contributed by atoms with Gasteiger partial charge in [0.05, 0.1) is 16.9 Å². The molecule has 2 N–H and O–H groups in total. The first-order valence-corrected chi connectivity index (χ1v) is 6.88. The molecule has 0 radical (unpaired) electrons. The number of aliphatic carboxylic acids is 2. The number of carbonyl (C=O) groups is 2. The molecule has 1 aromatic rings. The molecule has 0 amide bonds. The summed E-state index contributed by atoms with van der Waals surface area (Å²) in [5.41, 5.74) is 0.763. The zero-order valence-corrected chi connectivity index (χ0v) is 11.9. The summed E-state index contributed by atoms with van der Waals surface area (Å²) in [5, 5.41) is 18.2. The molecular weight excluding hydrogens is 301 g/mol. The lowest BCUT2D eigenvalue weighted by molar-refractivity contribution is -0.157. The zero-order chi connectivity index (χ0) is 15.6. The van der Waals surface area contributed by atoms with Crippen molar-refractivity contribution in [3.8, 4) is 0 Å². The molecule has 7 heteroatoms. The van der Waals surface area contributed by atoms with Crippen molar-refractivity contribution >= 4 is 23.5 Å². The number of benzene rings is 1. The molecule has 2 rings (SSSR count). The second kappa shape index (κ2) is 6.41. The van der Waals surface area contributed by atoms with Crippen LogP contribution in [-0.4, -0.2) is 40.1 Å². The van der Waals surface area contributed by atoms with E-state index in [4.69, 9.17) is 21.8 Å². The molecule has 1 aliphatic rings. The average molecular weight is 316 g/mol. The predicted molar refractivity (Wildman–Crippen MR) is 73.6 cm³/mol.